The normalized spacial score (nSPS) is 10.0. The first-order valence-corrected chi connectivity index (χ1v) is 7.54. The number of nitrogens with one attached hydrogen (secondary N) is 2. The number of carbonyl (C=O) groups excluding carboxylic acids is 1. The van der Waals surface area contributed by atoms with Crippen LogP contribution in [0.3, 0.4) is 0 Å². The van der Waals surface area contributed by atoms with Crippen LogP contribution in [-0.2, 0) is 0 Å². The van der Waals surface area contributed by atoms with Crippen LogP contribution in [0.2, 0.25) is 0 Å². The lowest BCUT2D eigenvalue weighted by Crippen LogP contribution is -2.29. The minimum absolute atomic E-state index is 0.0315. The Bertz CT molecular complexity index is 746. The molecule has 0 unspecified atom stereocenters. The van der Waals surface area contributed by atoms with Gasteiger partial charge in [-0.1, -0.05) is 6.07 Å². The average molecular weight is 345 g/mol. The third kappa shape index (κ3) is 4.60. The SMILES string of the molecule is COc1cccc(C(=O)NCCNc2ccc([N+](=O)[O-])cc2)c1OC. The van der Waals surface area contributed by atoms with Crippen molar-refractivity contribution in [3.63, 3.8) is 0 Å². The molecule has 0 heterocycles. The number of nitro groups is 1. The van der Waals surface area contributed by atoms with E-state index in [1.807, 2.05) is 0 Å². The van der Waals surface area contributed by atoms with Gasteiger partial charge in [-0.05, 0) is 24.3 Å². The van der Waals surface area contributed by atoms with Gasteiger partial charge in [0.1, 0.15) is 0 Å². The Morgan fingerprint density at radius 2 is 1.80 bits per heavy atom. The molecule has 0 saturated heterocycles. The summed E-state index contributed by atoms with van der Waals surface area (Å²) < 4.78 is 10.4. The summed E-state index contributed by atoms with van der Waals surface area (Å²) in [5.41, 5.74) is 1.15. The molecule has 25 heavy (non-hydrogen) atoms. The first-order valence-electron chi connectivity index (χ1n) is 7.54. The Hall–Kier alpha value is -3.29. The Morgan fingerprint density at radius 1 is 1.08 bits per heavy atom. The molecule has 0 aliphatic rings. The summed E-state index contributed by atoms with van der Waals surface area (Å²) in [7, 11) is 2.98. The van der Waals surface area contributed by atoms with Crippen molar-refractivity contribution >= 4 is 17.3 Å². The van der Waals surface area contributed by atoms with Gasteiger partial charge in [0.2, 0.25) is 0 Å². The molecule has 2 aromatic rings. The van der Waals surface area contributed by atoms with E-state index >= 15 is 0 Å². The van der Waals surface area contributed by atoms with Gasteiger partial charge in [-0.25, -0.2) is 0 Å². The van der Waals surface area contributed by atoms with Crippen LogP contribution in [-0.4, -0.2) is 38.1 Å². The van der Waals surface area contributed by atoms with Crippen LogP contribution in [0.1, 0.15) is 10.4 Å². The Labute approximate surface area is 144 Å². The smallest absolute Gasteiger partial charge is 0.269 e. The molecular formula is C17H19N3O5. The zero-order valence-corrected chi connectivity index (χ0v) is 13.9. The van der Waals surface area contributed by atoms with Crippen LogP contribution in [0.15, 0.2) is 42.5 Å². The Morgan fingerprint density at radius 3 is 2.40 bits per heavy atom. The minimum Gasteiger partial charge on any atom is -0.493 e. The van der Waals surface area contributed by atoms with Gasteiger partial charge in [-0.3, -0.25) is 14.9 Å². The number of hydrogen-bond donors (Lipinski definition) is 2. The molecule has 0 spiro atoms. The lowest BCUT2D eigenvalue weighted by atomic mass is 10.1. The van der Waals surface area contributed by atoms with Crippen molar-refractivity contribution < 1.29 is 19.2 Å². The van der Waals surface area contributed by atoms with E-state index in [1.54, 1.807) is 30.3 Å². The van der Waals surface area contributed by atoms with Crippen molar-refractivity contribution in [1.29, 1.82) is 0 Å². The molecule has 0 atom stereocenters. The summed E-state index contributed by atoms with van der Waals surface area (Å²) in [6.07, 6.45) is 0. The molecule has 0 aliphatic carbocycles. The fourth-order valence-corrected chi connectivity index (χ4v) is 2.25. The summed E-state index contributed by atoms with van der Waals surface area (Å²) in [4.78, 5) is 22.4. The van der Waals surface area contributed by atoms with Crippen LogP contribution >= 0.6 is 0 Å². The molecule has 1 amide bonds. The van der Waals surface area contributed by atoms with Crippen molar-refractivity contribution in [2.24, 2.45) is 0 Å². The number of benzene rings is 2. The number of non-ortho nitro benzene ring substituents is 1. The van der Waals surface area contributed by atoms with Gasteiger partial charge in [0.15, 0.2) is 11.5 Å². The van der Waals surface area contributed by atoms with E-state index in [4.69, 9.17) is 9.47 Å². The predicted octanol–water partition coefficient (Wildman–Crippen LogP) is 2.45. The molecule has 2 rings (SSSR count). The highest BCUT2D eigenvalue weighted by Gasteiger charge is 2.15. The summed E-state index contributed by atoms with van der Waals surface area (Å²) in [5.74, 6) is 0.589. The Balaban J connectivity index is 1.87. The maximum Gasteiger partial charge on any atom is 0.269 e. The maximum atomic E-state index is 12.3. The molecule has 8 heteroatoms. The van der Waals surface area contributed by atoms with E-state index < -0.39 is 4.92 Å². The zero-order chi connectivity index (χ0) is 18.2. The second kappa shape index (κ2) is 8.53. The number of amides is 1. The molecule has 0 bridgehead atoms. The number of rotatable bonds is 8. The van der Waals surface area contributed by atoms with Crippen LogP contribution in [0, 0.1) is 10.1 Å². The van der Waals surface area contributed by atoms with E-state index in [2.05, 4.69) is 10.6 Å². The number of carbonyl (C=O) groups is 1. The number of methoxy groups -OCH3 is 2. The van der Waals surface area contributed by atoms with Gasteiger partial charge in [0, 0.05) is 30.9 Å². The van der Waals surface area contributed by atoms with Crippen molar-refractivity contribution in [1.82, 2.24) is 5.32 Å². The summed E-state index contributed by atoms with van der Waals surface area (Å²) in [6.45, 7) is 0.839. The highest BCUT2D eigenvalue weighted by atomic mass is 16.6. The lowest BCUT2D eigenvalue weighted by molar-refractivity contribution is -0.384. The zero-order valence-electron chi connectivity index (χ0n) is 13.9. The van der Waals surface area contributed by atoms with Crippen LogP contribution in [0.5, 0.6) is 11.5 Å². The molecule has 132 valence electrons. The van der Waals surface area contributed by atoms with Gasteiger partial charge < -0.3 is 20.1 Å². The van der Waals surface area contributed by atoms with Gasteiger partial charge in [0.25, 0.3) is 11.6 Å². The van der Waals surface area contributed by atoms with Crippen molar-refractivity contribution in [2.75, 3.05) is 32.6 Å². The highest BCUT2D eigenvalue weighted by Crippen LogP contribution is 2.30. The van der Waals surface area contributed by atoms with Gasteiger partial charge in [-0.15, -0.1) is 0 Å². The van der Waals surface area contributed by atoms with E-state index in [0.717, 1.165) is 5.69 Å². The number of ether oxygens (including phenoxy) is 2. The van der Waals surface area contributed by atoms with Crippen LogP contribution in [0.25, 0.3) is 0 Å². The molecule has 0 radical (unpaired) electrons. The monoisotopic (exact) mass is 345 g/mol. The highest BCUT2D eigenvalue weighted by molar-refractivity contribution is 5.97. The number of nitrogens with zero attached hydrogens (tertiary/aromatic N) is 1. The van der Waals surface area contributed by atoms with Gasteiger partial charge in [0.05, 0.1) is 24.7 Å². The number of hydrogen-bond acceptors (Lipinski definition) is 6. The van der Waals surface area contributed by atoms with Crippen molar-refractivity contribution in [2.45, 2.75) is 0 Å². The van der Waals surface area contributed by atoms with Gasteiger partial charge in [-0.2, -0.15) is 0 Å². The summed E-state index contributed by atoms with van der Waals surface area (Å²) >= 11 is 0. The molecule has 0 saturated carbocycles. The third-order valence-electron chi connectivity index (χ3n) is 3.47. The largest absolute Gasteiger partial charge is 0.493 e. The fourth-order valence-electron chi connectivity index (χ4n) is 2.25. The summed E-state index contributed by atoms with van der Waals surface area (Å²) in [6, 6.07) is 11.2. The topological polar surface area (TPSA) is 103 Å². The van der Waals surface area contributed by atoms with Crippen LogP contribution in [0.4, 0.5) is 11.4 Å². The van der Waals surface area contributed by atoms with Crippen LogP contribution < -0.4 is 20.1 Å². The summed E-state index contributed by atoms with van der Waals surface area (Å²) in [5, 5.41) is 16.5. The molecule has 0 fully saturated rings. The van der Waals surface area contributed by atoms with E-state index in [0.29, 0.717) is 30.2 Å². The standard InChI is InChI=1S/C17H19N3O5/c1-24-15-5-3-4-14(16(15)25-2)17(21)19-11-10-18-12-6-8-13(9-7-12)20(22)23/h3-9,18H,10-11H2,1-2H3,(H,19,21). The molecule has 2 N–H and O–H groups in total. The van der Waals surface area contributed by atoms with E-state index in [1.165, 1.54) is 26.4 Å². The predicted molar refractivity (Wildman–Crippen MR) is 93.5 cm³/mol. The lowest BCUT2D eigenvalue weighted by Gasteiger charge is -2.13. The van der Waals surface area contributed by atoms with Gasteiger partial charge >= 0.3 is 0 Å². The second-order valence-electron chi connectivity index (χ2n) is 5.03. The first kappa shape index (κ1) is 18.1. The van der Waals surface area contributed by atoms with Crippen molar-refractivity contribution in [3.8, 4) is 11.5 Å². The number of para-hydroxylation sites is 1. The fraction of sp³-hybridized carbons (Fsp3) is 0.235. The van der Waals surface area contributed by atoms with E-state index in [9.17, 15) is 14.9 Å². The average Bonchev–Trinajstić information content (AvgIpc) is 2.64. The van der Waals surface area contributed by atoms with E-state index in [-0.39, 0.29) is 11.6 Å². The Kier molecular flexibility index (Phi) is 6.16. The number of anilines is 1. The quantitative estimate of drug-likeness (QED) is 0.433. The molecule has 0 aromatic heterocycles. The molecule has 8 nitrogen and oxygen atoms in total. The molecular weight excluding hydrogens is 326 g/mol. The minimum atomic E-state index is -0.453. The second-order valence-corrected chi connectivity index (χ2v) is 5.03. The maximum absolute atomic E-state index is 12.3. The number of nitro benzene ring substituents is 1. The molecule has 0 aliphatic heterocycles. The first-order chi connectivity index (χ1) is 12.1. The molecule has 2 aromatic carbocycles. The third-order valence-corrected chi connectivity index (χ3v) is 3.47. The van der Waals surface area contributed by atoms with Crippen molar-refractivity contribution in [3.05, 3.63) is 58.1 Å².